The van der Waals surface area contributed by atoms with Gasteiger partial charge in [0.15, 0.2) is 5.82 Å². The molecule has 0 unspecified atom stereocenters. The van der Waals surface area contributed by atoms with Gasteiger partial charge in [0.2, 0.25) is 0 Å². The summed E-state index contributed by atoms with van der Waals surface area (Å²) in [5, 5.41) is 11.0. The Kier molecular flexibility index (Phi) is 20.3. The lowest BCUT2D eigenvalue weighted by atomic mass is 9.98. The molecule has 0 radical (unpaired) electrons. The number of para-hydroxylation sites is 9. The topological polar surface area (TPSA) is 156 Å². The standard InChI is InChI=1S/3C32H20N2O.C26H16N2O/c1-3-11-21(12-4-1)29-30(22-13-5-2-6-14-22)34-31-24(16-10-19-27(31)33-29)26-18-9-17-25-23-15-7-8-20-28(23)35-32(25)26;1-3-10-21(11-4-1)30-27-20-23(18-19-28(27)33-32(34-30)22-12-5-2-6-13-22)24-15-9-16-26-25-14-7-8-17-29(25)35-31(24)26;1-3-10-21(11-4-1)30-31(22-12-5-2-6-13-22)34-28-20-23(18-19-27(28)33-30)24-15-9-16-26-25-14-7-8-17-29(25)35-32(24)26;1-2-8-17(9-3-1)25-20-13-7-15-27-22(20)16-23(28-25)21-12-6-11-19-18-10-4-5-14-24(18)29-26(19)21/h3*1-20H;1-16H. The quantitative estimate of drug-likeness (QED) is 0.121. The van der Waals surface area contributed by atoms with E-state index in [2.05, 4.69) is 223 Å². The Morgan fingerprint density at radius 1 is 0.157 bits per heavy atom. The monoisotopic (exact) mass is 1720 g/mol. The Hall–Kier alpha value is -18.3. The maximum absolute atomic E-state index is 6.35. The van der Waals surface area contributed by atoms with Crippen molar-refractivity contribution in [2.75, 3.05) is 0 Å². The number of pyridine rings is 2. The first-order chi connectivity index (χ1) is 66.4. The third-order valence-corrected chi connectivity index (χ3v) is 24.8. The molecule has 27 rings (SSSR count). The highest BCUT2D eigenvalue weighted by Crippen LogP contribution is 2.45. The van der Waals surface area contributed by atoms with Crippen LogP contribution < -0.4 is 0 Å². The van der Waals surface area contributed by atoms with E-state index in [0.717, 1.165) is 255 Å². The van der Waals surface area contributed by atoms with E-state index in [9.17, 15) is 0 Å². The number of hydrogen-bond acceptors (Lipinski definition) is 12. The minimum absolute atomic E-state index is 0.726. The lowest BCUT2D eigenvalue weighted by Crippen LogP contribution is -1.97. The summed E-state index contributed by atoms with van der Waals surface area (Å²) < 4.78 is 25.2. The van der Waals surface area contributed by atoms with Crippen LogP contribution in [-0.4, -0.2) is 39.9 Å². The van der Waals surface area contributed by atoms with Gasteiger partial charge in [0, 0.05) is 127 Å². The highest BCUT2D eigenvalue weighted by molar-refractivity contribution is 6.15. The highest BCUT2D eigenvalue weighted by Gasteiger charge is 2.24. The summed E-state index contributed by atoms with van der Waals surface area (Å²) in [6.07, 6.45) is 1.82. The van der Waals surface area contributed by atoms with E-state index in [4.69, 9.17) is 52.6 Å². The SMILES string of the molecule is c1ccc(-c2nc(-c3cccc4c3oc3ccccc34)cc3ncccc23)cc1.c1ccc(-c2nc(-c3ccccc3)c3cc(-c4cccc5c4oc4ccccc45)ccc3n2)cc1.c1ccc(-c2nc3ccc(-c4cccc5c4oc4ccccc45)cc3nc2-c2ccccc2)cc1.c1ccc(-c2nc3cccc(-c4cccc5c4oc4ccccc45)c3nc2-c2ccccc2)cc1. The van der Waals surface area contributed by atoms with Crippen molar-refractivity contribution in [2.24, 2.45) is 0 Å². The summed E-state index contributed by atoms with van der Waals surface area (Å²) >= 11 is 0. The van der Waals surface area contributed by atoms with Crippen LogP contribution in [0.25, 0.3) is 255 Å². The summed E-state index contributed by atoms with van der Waals surface area (Å²) in [7, 11) is 0. The van der Waals surface area contributed by atoms with E-state index in [1.165, 1.54) is 0 Å². The first kappa shape index (κ1) is 79.2. The fourth-order valence-corrected chi connectivity index (χ4v) is 18.4. The fourth-order valence-electron chi connectivity index (χ4n) is 18.4. The largest absolute Gasteiger partial charge is 0.455 e. The molecular weight excluding hydrogens is 1640 g/mol. The summed E-state index contributed by atoms with van der Waals surface area (Å²) in [6, 6.07) is 155. The third kappa shape index (κ3) is 14.8. The van der Waals surface area contributed by atoms with Crippen LogP contribution in [-0.2, 0) is 0 Å². The van der Waals surface area contributed by atoms with E-state index >= 15 is 0 Å². The molecule has 0 aliphatic carbocycles. The van der Waals surface area contributed by atoms with Crippen LogP contribution in [0.2, 0.25) is 0 Å². The van der Waals surface area contributed by atoms with Crippen LogP contribution in [0.3, 0.4) is 0 Å². The molecule has 0 aliphatic rings. The number of furan rings is 4. The second kappa shape index (κ2) is 34.4. The Morgan fingerprint density at radius 2 is 0.493 bits per heavy atom. The van der Waals surface area contributed by atoms with Crippen LogP contribution in [0.5, 0.6) is 0 Å². The van der Waals surface area contributed by atoms with E-state index in [-0.39, 0.29) is 0 Å². The van der Waals surface area contributed by atoms with Crippen LogP contribution in [0.15, 0.2) is 479 Å². The Bertz CT molecular complexity index is 9080. The molecule has 0 amide bonds. The molecule has 0 spiro atoms. The van der Waals surface area contributed by atoms with Gasteiger partial charge in [-0.2, -0.15) is 0 Å². The summed E-state index contributed by atoms with van der Waals surface area (Å²) in [5.74, 6) is 0.726. The molecule has 0 saturated carbocycles. The van der Waals surface area contributed by atoms with Crippen LogP contribution in [0.1, 0.15) is 0 Å². The molecule has 27 aromatic rings. The first-order valence-corrected chi connectivity index (χ1v) is 44.7. The third-order valence-electron chi connectivity index (χ3n) is 24.8. The number of nitrogens with zero attached hydrogens (tertiary/aromatic N) is 8. The van der Waals surface area contributed by atoms with E-state index in [1.54, 1.807) is 0 Å². The van der Waals surface area contributed by atoms with Crippen molar-refractivity contribution in [3.63, 3.8) is 0 Å². The number of fused-ring (bicyclic) bond motifs is 16. The molecule has 0 atom stereocenters. The number of benzene rings is 18. The van der Waals surface area contributed by atoms with Gasteiger partial charge in [-0.25, -0.2) is 34.9 Å². The normalized spacial score (nSPS) is 11.4. The lowest BCUT2D eigenvalue weighted by molar-refractivity contribution is 0.669. The molecule has 134 heavy (non-hydrogen) atoms. The zero-order valence-electron chi connectivity index (χ0n) is 72.1. The number of aromatic nitrogens is 8. The molecule has 12 nitrogen and oxygen atoms in total. The summed E-state index contributed by atoms with van der Waals surface area (Å²) in [4.78, 5) is 40.2. The van der Waals surface area contributed by atoms with Gasteiger partial charge in [-0.15, -0.1) is 0 Å². The van der Waals surface area contributed by atoms with Gasteiger partial charge in [0.25, 0.3) is 0 Å². The van der Waals surface area contributed by atoms with Gasteiger partial charge in [-0.05, 0) is 90.0 Å². The van der Waals surface area contributed by atoms with E-state index in [1.807, 2.05) is 243 Å². The average molecular weight is 1720 g/mol. The Balaban J connectivity index is 0.0000000984. The van der Waals surface area contributed by atoms with Crippen molar-refractivity contribution >= 4 is 132 Å². The van der Waals surface area contributed by atoms with Crippen molar-refractivity contribution in [1.29, 1.82) is 0 Å². The predicted octanol–water partition coefficient (Wildman–Crippen LogP) is 32.5. The highest BCUT2D eigenvalue weighted by atomic mass is 16.3. The van der Waals surface area contributed by atoms with Gasteiger partial charge in [-0.3, -0.25) is 4.98 Å². The maximum Gasteiger partial charge on any atom is 0.160 e. The molecule has 0 fully saturated rings. The Morgan fingerprint density at radius 3 is 0.963 bits per heavy atom. The molecule has 0 N–H and O–H groups in total. The molecule has 18 aromatic carbocycles. The molecule has 12 heteroatoms. The van der Waals surface area contributed by atoms with Gasteiger partial charge in [0.1, 0.15) is 44.7 Å². The van der Waals surface area contributed by atoms with Gasteiger partial charge < -0.3 is 17.7 Å². The molecule has 9 heterocycles. The first-order valence-electron chi connectivity index (χ1n) is 44.7. The van der Waals surface area contributed by atoms with Crippen molar-refractivity contribution in [3.8, 4) is 124 Å². The van der Waals surface area contributed by atoms with Crippen LogP contribution in [0, 0.1) is 0 Å². The van der Waals surface area contributed by atoms with Crippen LogP contribution in [0.4, 0.5) is 0 Å². The lowest BCUT2D eigenvalue weighted by Gasteiger charge is -2.13. The molecule has 0 saturated heterocycles. The van der Waals surface area contributed by atoms with E-state index < -0.39 is 0 Å². The zero-order chi connectivity index (χ0) is 88.8. The Labute approximate surface area is 768 Å². The minimum atomic E-state index is 0.726. The van der Waals surface area contributed by atoms with Crippen molar-refractivity contribution in [3.05, 3.63) is 461 Å². The second-order valence-corrected chi connectivity index (χ2v) is 33.0. The van der Waals surface area contributed by atoms with Crippen LogP contribution >= 0.6 is 0 Å². The molecule has 9 aromatic heterocycles. The van der Waals surface area contributed by atoms with Crippen molar-refractivity contribution in [2.45, 2.75) is 0 Å². The number of rotatable bonds is 11. The molecule has 0 bridgehead atoms. The average Bonchev–Trinajstić information content (AvgIpc) is 1.71. The molecule has 0 aliphatic heterocycles. The maximum atomic E-state index is 6.35. The minimum Gasteiger partial charge on any atom is -0.455 e. The van der Waals surface area contributed by atoms with Gasteiger partial charge in [0.05, 0.1) is 73.0 Å². The van der Waals surface area contributed by atoms with Gasteiger partial charge >= 0.3 is 0 Å². The van der Waals surface area contributed by atoms with Crippen molar-refractivity contribution < 1.29 is 17.7 Å². The summed E-state index contributed by atoms with van der Waals surface area (Å²) in [5.41, 5.74) is 33.2. The molecule has 628 valence electrons. The smallest absolute Gasteiger partial charge is 0.160 e. The van der Waals surface area contributed by atoms with E-state index in [0.29, 0.717) is 0 Å². The second-order valence-electron chi connectivity index (χ2n) is 33.0. The van der Waals surface area contributed by atoms with Gasteiger partial charge in [-0.1, -0.05) is 376 Å². The predicted molar refractivity (Wildman–Crippen MR) is 547 cm³/mol. The zero-order valence-corrected chi connectivity index (χ0v) is 72.1. The van der Waals surface area contributed by atoms with Crippen molar-refractivity contribution in [1.82, 2.24) is 39.9 Å². The fraction of sp³-hybridized carbons (Fsp3) is 0. The molecular formula is C122H76N8O4. The number of hydrogen-bond donors (Lipinski definition) is 0. The summed E-state index contributed by atoms with van der Waals surface area (Å²) in [6.45, 7) is 0.